The monoisotopic (exact) mass is 239 g/mol. The van der Waals surface area contributed by atoms with E-state index in [1.807, 2.05) is 6.26 Å². The summed E-state index contributed by atoms with van der Waals surface area (Å²) in [6, 6.07) is 5.03. The van der Waals surface area contributed by atoms with Crippen molar-refractivity contribution in [2.45, 2.75) is 6.92 Å². The van der Waals surface area contributed by atoms with Crippen molar-refractivity contribution < 1.29 is 9.90 Å². The molecule has 3 nitrogen and oxygen atoms in total. The van der Waals surface area contributed by atoms with E-state index < -0.39 is 0 Å². The van der Waals surface area contributed by atoms with E-state index >= 15 is 0 Å². The maximum atomic E-state index is 12.0. The number of amides is 1. The van der Waals surface area contributed by atoms with Crippen molar-refractivity contribution in [2.24, 2.45) is 0 Å². The lowest BCUT2D eigenvalue weighted by Gasteiger charge is -2.18. The largest absolute Gasteiger partial charge is 0.508 e. The second kappa shape index (κ2) is 5.80. The Balaban J connectivity index is 2.84. The molecule has 0 radical (unpaired) electrons. The van der Waals surface area contributed by atoms with Crippen LogP contribution in [0.3, 0.4) is 0 Å². The molecule has 0 fully saturated rings. The van der Waals surface area contributed by atoms with Gasteiger partial charge in [0, 0.05) is 30.5 Å². The Labute approximate surface area is 100 Å². The van der Waals surface area contributed by atoms with Crippen LogP contribution < -0.4 is 0 Å². The zero-order valence-electron chi connectivity index (χ0n) is 9.86. The van der Waals surface area contributed by atoms with Crippen molar-refractivity contribution in [1.82, 2.24) is 4.90 Å². The molecule has 0 saturated carbocycles. The molecule has 88 valence electrons. The number of nitrogens with zero attached hydrogens (tertiary/aromatic N) is 1. The Hall–Kier alpha value is -1.16. The van der Waals surface area contributed by atoms with Crippen LogP contribution >= 0.6 is 11.8 Å². The van der Waals surface area contributed by atoms with Crippen molar-refractivity contribution in [2.75, 3.05) is 25.6 Å². The Morgan fingerprint density at radius 3 is 2.81 bits per heavy atom. The van der Waals surface area contributed by atoms with Crippen LogP contribution in [0.25, 0.3) is 0 Å². The van der Waals surface area contributed by atoms with Gasteiger partial charge in [-0.25, -0.2) is 0 Å². The number of thioether (sulfide) groups is 1. The third-order valence-electron chi connectivity index (χ3n) is 2.51. The molecular weight excluding hydrogens is 222 g/mol. The van der Waals surface area contributed by atoms with E-state index in [4.69, 9.17) is 0 Å². The lowest BCUT2D eigenvalue weighted by Crippen LogP contribution is -2.29. The molecule has 0 heterocycles. The van der Waals surface area contributed by atoms with E-state index in [0.29, 0.717) is 11.1 Å². The van der Waals surface area contributed by atoms with Crippen LogP contribution in [0.2, 0.25) is 0 Å². The van der Waals surface area contributed by atoms with Gasteiger partial charge in [0.1, 0.15) is 5.75 Å². The van der Waals surface area contributed by atoms with Crippen LogP contribution in [0.4, 0.5) is 0 Å². The molecule has 0 aliphatic carbocycles. The number of carbonyl (C=O) groups excluding carboxylic acids is 1. The van der Waals surface area contributed by atoms with Crippen LogP contribution in [-0.2, 0) is 0 Å². The first-order valence-corrected chi connectivity index (χ1v) is 6.50. The molecule has 16 heavy (non-hydrogen) atoms. The fraction of sp³-hybridized carbons (Fsp3) is 0.417. The molecule has 0 atom stereocenters. The van der Waals surface area contributed by atoms with Crippen molar-refractivity contribution in [3.05, 3.63) is 29.3 Å². The standard InChI is InChI=1S/C12H17NO2S/c1-9-10(5-4-6-11(9)14)12(15)13(2)7-8-16-3/h4-6,14H,7-8H2,1-3H3. The predicted molar refractivity (Wildman–Crippen MR) is 68.2 cm³/mol. The number of rotatable bonds is 4. The van der Waals surface area contributed by atoms with Gasteiger partial charge in [-0.2, -0.15) is 11.8 Å². The highest BCUT2D eigenvalue weighted by Crippen LogP contribution is 2.20. The maximum Gasteiger partial charge on any atom is 0.254 e. The van der Waals surface area contributed by atoms with Gasteiger partial charge in [0.05, 0.1) is 0 Å². The molecule has 1 aromatic carbocycles. The molecule has 1 rings (SSSR count). The smallest absolute Gasteiger partial charge is 0.254 e. The van der Waals surface area contributed by atoms with Crippen molar-refractivity contribution in [1.29, 1.82) is 0 Å². The highest BCUT2D eigenvalue weighted by atomic mass is 32.2. The quantitative estimate of drug-likeness (QED) is 0.875. The van der Waals surface area contributed by atoms with E-state index in [-0.39, 0.29) is 11.7 Å². The Morgan fingerprint density at radius 2 is 2.19 bits per heavy atom. The highest BCUT2D eigenvalue weighted by Gasteiger charge is 2.14. The van der Waals surface area contributed by atoms with Gasteiger partial charge < -0.3 is 10.0 Å². The van der Waals surface area contributed by atoms with E-state index in [2.05, 4.69) is 0 Å². The van der Waals surface area contributed by atoms with Gasteiger partial charge in [-0.3, -0.25) is 4.79 Å². The number of benzene rings is 1. The van der Waals surface area contributed by atoms with Crippen LogP contribution in [0, 0.1) is 6.92 Å². The van der Waals surface area contributed by atoms with Gasteiger partial charge >= 0.3 is 0 Å². The minimum atomic E-state index is -0.0394. The first-order chi connectivity index (χ1) is 7.57. The Kier molecular flexibility index (Phi) is 4.68. The minimum Gasteiger partial charge on any atom is -0.508 e. The molecule has 0 aromatic heterocycles. The predicted octanol–water partition coefficient (Wildman–Crippen LogP) is 2.14. The van der Waals surface area contributed by atoms with E-state index in [1.165, 1.54) is 0 Å². The first-order valence-electron chi connectivity index (χ1n) is 5.11. The van der Waals surface area contributed by atoms with Crippen LogP contribution in [0.15, 0.2) is 18.2 Å². The highest BCUT2D eigenvalue weighted by molar-refractivity contribution is 7.98. The number of aromatic hydroxyl groups is 1. The summed E-state index contributed by atoms with van der Waals surface area (Å²) in [6.45, 7) is 2.47. The molecule has 1 aromatic rings. The average molecular weight is 239 g/mol. The van der Waals surface area contributed by atoms with Crippen molar-refractivity contribution in [3.63, 3.8) is 0 Å². The molecule has 0 aliphatic rings. The molecule has 1 amide bonds. The Bertz CT molecular complexity index is 379. The van der Waals surface area contributed by atoms with Gasteiger partial charge in [-0.1, -0.05) is 6.07 Å². The summed E-state index contributed by atoms with van der Waals surface area (Å²) in [5, 5.41) is 9.53. The molecule has 4 heteroatoms. The van der Waals surface area contributed by atoms with Crippen LogP contribution in [0.1, 0.15) is 15.9 Å². The maximum absolute atomic E-state index is 12.0. The van der Waals surface area contributed by atoms with Gasteiger partial charge in [0.25, 0.3) is 5.91 Å². The molecule has 0 aliphatic heterocycles. The van der Waals surface area contributed by atoms with Crippen LogP contribution in [0.5, 0.6) is 5.75 Å². The third kappa shape index (κ3) is 2.92. The SMILES string of the molecule is CSCCN(C)C(=O)c1cccc(O)c1C. The summed E-state index contributed by atoms with van der Waals surface area (Å²) >= 11 is 1.71. The first kappa shape index (κ1) is 12.9. The van der Waals surface area contributed by atoms with Crippen molar-refractivity contribution >= 4 is 17.7 Å². The molecule has 1 N–H and O–H groups in total. The minimum absolute atomic E-state index is 0.0394. The second-order valence-electron chi connectivity index (χ2n) is 3.67. The third-order valence-corrected chi connectivity index (χ3v) is 3.10. The lowest BCUT2D eigenvalue weighted by atomic mass is 10.1. The summed E-state index contributed by atoms with van der Waals surface area (Å²) in [5.74, 6) is 1.05. The summed E-state index contributed by atoms with van der Waals surface area (Å²) in [5.41, 5.74) is 1.21. The number of hydrogen-bond acceptors (Lipinski definition) is 3. The summed E-state index contributed by atoms with van der Waals surface area (Å²) in [4.78, 5) is 13.7. The number of phenolic OH excluding ortho intramolecular Hbond substituents is 1. The van der Waals surface area contributed by atoms with Gasteiger partial charge in [-0.15, -0.1) is 0 Å². The number of phenols is 1. The lowest BCUT2D eigenvalue weighted by molar-refractivity contribution is 0.0802. The second-order valence-corrected chi connectivity index (χ2v) is 4.65. The van der Waals surface area contributed by atoms with Crippen LogP contribution in [-0.4, -0.2) is 41.5 Å². The normalized spacial score (nSPS) is 10.2. The zero-order valence-corrected chi connectivity index (χ0v) is 10.7. The molecule has 0 saturated heterocycles. The summed E-state index contributed by atoms with van der Waals surface area (Å²) in [6.07, 6.45) is 2.01. The topological polar surface area (TPSA) is 40.5 Å². The van der Waals surface area contributed by atoms with Crippen molar-refractivity contribution in [3.8, 4) is 5.75 Å². The fourth-order valence-corrected chi connectivity index (χ4v) is 1.85. The zero-order chi connectivity index (χ0) is 12.1. The average Bonchev–Trinajstić information content (AvgIpc) is 2.28. The molecule has 0 spiro atoms. The molecular formula is C12H17NO2S. The summed E-state index contributed by atoms with van der Waals surface area (Å²) in [7, 11) is 1.78. The van der Waals surface area contributed by atoms with Gasteiger partial charge in [0.15, 0.2) is 0 Å². The van der Waals surface area contributed by atoms with Gasteiger partial charge in [-0.05, 0) is 25.3 Å². The van der Waals surface area contributed by atoms with E-state index in [9.17, 15) is 9.90 Å². The van der Waals surface area contributed by atoms with Gasteiger partial charge in [0.2, 0.25) is 0 Å². The molecule has 0 unspecified atom stereocenters. The summed E-state index contributed by atoms with van der Waals surface area (Å²) < 4.78 is 0. The fourth-order valence-electron chi connectivity index (χ4n) is 1.39. The Morgan fingerprint density at radius 1 is 1.50 bits per heavy atom. The number of hydrogen-bond donors (Lipinski definition) is 1. The van der Waals surface area contributed by atoms with E-state index in [0.717, 1.165) is 12.3 Å². The van der Waals surface area contributed by atoms with E-state index in [1.54, 1.807) is 48.8 Å². The number of carbonyl (C=O) groups is 1. The molecule has 0 bridgehead atoms.